The number of carbonyl (C=O) groups is 3. The van der Waals surface area contributed by atoms with Gasteiger partial charge in [-0.3, -0.25) is 23.9 Å². The highest BCUT2D eigenvalue weighted by Gasteiger charge is 2.32. The minimum Gasteiger partial charge on any atom is -0.497 e. The maximum absolute atomic E-state index is 12.7. The van der Waals surface area contributed by atoms with Crippen molar-refractivity contribution in [3.05, 3.63) is 83.9 Å². The summed E-state index contributed by atoms with van der Waals surface area (Å²) in [7, 11) is 3.04. The van der Waals surface area contributed by atoms with E-state index in [-0.39, 0.29) is 29.0 Å². The van der Waals surface area contributed by atoms with Crippen LogP contribution in [-0.2, 0) is 4.79 Å². The van der Waals surface area contributed by atoms with Crippen LogP contribution in [0.25, 0.3) is 17.1 Å². The molecule has 0 atom stereocenters. The van der Waals surface area contributed by atoms with Crippen molar-refractivity contribution in [2.45, 2.75) is 5.16 Å². The lowest BCUT2D eigenvalue weighted by molar-refractivity contribution is -0.113. The number of anilines is 1. The summed E-state index contributed by atoms with van der Waals surface area (Å²) in [6.45, 7) is 0. The molecular weight excluding hydrogens is 478 g/mol. The summed E-state index contributed by atoms with van der Waals surface area (Å²) in [5.74, 6) is 0.424. The molecule has 0 saturated carbocycles. The molecule has 10 heteroatoms. The molecule has 2 heterocycles. The van der Waals surface area contributed by atoms with Crippen molar-refractivity contribution < 1.29 is 19.1 Å². The largest absolute Gasteiger partial charge is 0.497 e. The Morgan fingerprint density at radius 3 is 2.39 bits per heavy atom. The summed E-state index contributed by atoms with van der Waals surface area (Å²) in [5.41, 5.74) is 2.77. The van der Waals surface area contributed by atoms with Crippen molar-refractivity contribution in [1.82, 2.24) is 19.7 Å². The van der Waals surface area contributed by atoms with Gasteiger partial charge in [0.25, 0.3) is 11.8 Å². The normalized spacial score (nSPS) is 12.6. The van der Waals surface area contributed by atoms with Crippen molar-refractivity contribution in [3.8, 4) is 22.8 Å². The number of para-hydroxylation sites is 1. The van der Waals surface area contributed by atoms with Crippen LogP contribution in [0.1, 0.15) is 20.7 Å². The number of nitrogens with zero attached hydrogens (tertiary/aromatic N) is 4. The van der Waals surface area contributed by atoms with Gasteiger partial charge in [-0.2, -0.15) is 0 Å². The second-order valence-corrected chi connectivity index (χ2v) is 8.91. The number of carbonyl (C=O) groups excluding carboxylic acids is 3. The summed E-state index contributed by atoms with van der Waals surface area (Å²) in [5, 5.41) is 12.1. The van der Waals surface area contributed by atoms with E-state index >= 15 is 0 Å². The molecule has 180 valence electrons. The van der Waals surface area contributed by atoms with Gasteiger partial charge in [0.05, 0.1) is 24.0 Å². The molecule has 1 aliphatic rings. The molecule has 0 radical (unpaired) electrons. The molecular formula is C26H21N5O4S. The number of fused-ring (bicyclic) bond motifs is 1. The molecule has 0 unspecified atom stereocenters. The highest BCUT2D eigenvalue weighted by molar-refractivity contribution is 7.99. The average molecular weight is 500 g/mol. The van der Waals surface area contributed by atoms with Crippen molar-refractivity contribution in [2.75, 3.05) is 25.2 Å². The van der Waals surface area contributed by atoms with Crippen LogP contribution in [0.4, 0.5) is 5.69 Å². The maximum Gasteiger partial charge on any atom is 0.261 e. The number of ether oxygens (including phenoxy) is 1. The Labute approximate surface area is 211 Å². The predicted octanol–water partition coefficient (Wildman–Crippen LogP) is 3.90. The standard InChI is InChI=1S/C26H21N5O4S/c1-30-24(33)20-13-10-17(14-21(20)25(30)34)27-22(32)15-36-26-29-28-23(16-8-11-19(35-2)12-9-16)31(26)18-6-4-3-5-7-18/h3-14H,15H2,1-2H3,(H,27,32). The Balaban J connectivity index is 1.36. The predicted molar refractivity (Wildman–Crippen MR) is 136 cm³/mol. The third-order valence-corrected chi connectivity index (χ3v) is 6.63. The molecule has 5 rings (SSSR count). The molecule has 1 N–H and O–H groups in total. The fourth-order valence-corrected chi connectivity index (χ4v) is 4.62. The zero-order chi connectivity index (χ0) is 25.2. The van der Waals surface area contributed by atoms with Crippen LogP contribution < -0.4 is 10.1 Å². The van der Waals surface area contributed by atoms with Crippen LogP contribution in [0.15, 0.2) is 78.0 Å². The fraction of sp³-hybridized carbons (Fsp3) is 0.115. The first kappa shape index (κ1) is 23.3. The Morgan fingerprint density at radius 2 is 1.67 bits per heavy atom. The number of nitrogens with one attached hydrogen (secondary N) is 1. The first-order valence-corrected chi connectivity index (χ1v) is 12.0. The monoisotopic (exact) mass is 499 g/mol. The van der Waals surface area contributed by atoms with Gasteiger partial charge < -0.3 is 10.1 Å². The average Bonchev–Trinajstić information content (AvgIpc) is 3.43. The second-order valence-electron chi connectivity index (χ2n) is 7.97. The molecule has 0 bridgehead atoms. The minimum atomic E-state index is -0.387. The second kappa shape index (κ2) is 9.67. The molecule has 3 aromatic carbocycles. The van der Waals surface area contributed by atoms with Crippen LogP contribution in [0.2, 0.25) is 0 Å². The lowest BCUT2D eigenvalue weighted by Gasteiger charge is -2.11. The summed E-state index contributed by atoms with van der Waals surface area (Å²) < 4.78 is 7.15. The third kappa shape index (κ3) is 4.34. The molecule has 1 aromatic heterocycles. The quantitative estimate of drug-likeness (QED) is 0.304. The van der Waals surface area contributed by atoms with Gasteiger partial charge in [-0.15, -0.1) is 10.2 Å². The smallest absolute Gasteiger partial charge is 0.261 e. The van der Waals surface area contributed by atoms with Gasteiger partial charge in [0.15, 0.2) is 11.0 Å². The van der Waals surface area contributed by atoms with Crippen molar-refractivity contribution in [1.29, 1.82) is 0 Å². The van der Waals surface area contributed by atoms with Crippen LogP contribution >= 0.6 is 11.8 Å². The van der Waals surface area contributed by atoms with Crippen LogP contribution in [0.3, 0.4) is 0 Å². The lowest BCUT2D eigenvalue weighted by atomic mass is 10.1. The number of benzene rings is 3. The van der Waals surface area contributed by atoms with Crippen LogP contribution in [0, 0.1) is 0 Å². The number of rotatable bonds is 7. The first-order chi connectivity index (χ1) is 17.5. The number of thioether (sulfide) groups is 1. The molecule has 9 nitrogen and oxygen atoms in total. The first-order valence-electron chi connectivity index (χ1n) is 11.0. The van der Waals surface area contributed by atoms with Gasteiger partial charge in [-0.1, -0.05) is 30.0 Å². The van der Waals surface area contributed by atoms with Gasteiger partial charge in [0.1, 0.15) is 5.75 Å². The van der Waals surface area contributed by atoms with Gasteiger partial charge >= 0.3 is 0 Å². The highest BCUT2D eigenvalue weighted by Crippen LogP contribution is 2.29. The van der Waals surface area contributed by atoms with E-state index < -0.39 is 0 Å². The Kier molecular flexibility index (Phi) is 6.26. The Morgan fingerprint density at radius 1 is 0.944 bits per heavy atom. The summed E-state index contributed by atoms with van der Waals surface area (Å²) in [4.78, 5) is 38.1. The summed E-state index contributed by atoms with van der Waals surface area (Å²) >= 11 is 1.24. The topological polar surface area (TPSA) is 106 Å². The molecule has 0 fully saturated rings. The van der Waals surface area contributed by atoms with Gasteiger partial charge in [-0.25, -0.2) is 0 Å². The van der Waals surface area contributed by atoms with Crippen molar-refractivity contribution in [2.24, 2.45) is 0 Å². The van der Waals surface area contributed by atoms with E-state index in [0.29, 0.717) is 22.2 Å². The number of methoxy groups -OCH3 is 1. The SMILES string of the molecule is COc1ccc(-c2nnc(SCC(=O)Nc3ccc4c(c3)C(=O)N(C)C4=O)n2-c2ccccc2)cc1. The molecule has 1 aliphatic heterocycles. The summed E-state index contributed by atoms with van der Waals surface area (Å²) in [6, 6.07) is 21.9. The molecule has 0 aliphatic carbocycles. The molecule has 4 aromatic rings. The molecule has 0 saturated heterocycles. The van der Waals surface area contributed by atoms with E-state index in [9.17, 15) is 14.4 Å². The minimum absolute atomic E-state index is 0.0669. The van der Waals surface area contributed by atoms with Crippen molar-refractivity contribution in [3.63, 3.8) is 0 Å². The fourth-order valence-electron chi connectivity index (χ4n) is 3.87. The molecule has 3 amide bonds. The Bertz CT molecular complexity index is 1470. The highest BCUT2D eigenvalue weighted by atomic mass is 32.2. The molecule has 0 spiro atoms. The number of hydrogen-bond acceptors (Lipinski definition) is 7. The summed E-state index contributed by atoms with van der Waals surface area (Å²) in [6.07, 6.45) is 0. The van der Waals surface area contributed by atoms with Crippen LogP contribution in [-0.4, -0.2) is 57.3 Å². The van der Waals surface area contributed by atoms with E-state index in [1.165, 1.54) is 24.9 Å². The lowest BCUT2D eigenvalue weighted by Crippen LogP contribution is -2.24. The van der Waals surface area contributed by atoms with E-state index in [1.807, 2.05) is 59.2 Å². The van der Waals surface area contributed by atoms with E-state index in [1.54, 1.807) is 19.2 Å². The number of amides is 3. The van der Waals surface area contributed by atoms with Crippen molar-refractivity contribution >= 4 is 35.2 Å². The third-order valence-electron chi connectivity index (χ3n) is 5.70. The number of hydrogen-bond donors (Lipinski definition) is 1. The van der Waals surface area contributed by atoms with Crippen LogP contribution in [0.5, 0.6) is 5.75 Å². The zero-order valence-electron chi connectivity index (χ0n) is 19.5. The van der Waals surface area contributed by atoms with E-state index in [2.05, 4.69) is 15.5 Å². The zero-order valence-corrected chi connectivity index (χ0v) is 20.3. The van der Waals surface area contributed by atoms with Gasteiger partial charge in [0, 0.05) is 24.0 Å². The Hall–Kier alpha value is -4.44. The van der Waals surface area contributed by atoms with E-state index in [0.717, 1.165) is 21.9 Å². The van der Waals surface area contributed by atoms with E-state index in [4.69, 9.17) is 4.74 Å². The number of aromatic nitrogens is 3. The number of imide groups is 1. The maximum atomic E-state index is 12.7. The van der Waals surface area contributed by atoms with Gasteiger partial charge in [0.2, 0.25) is 5.91 Å². The van der Waals surface area contributed by atoms with Gasteiger partial charge in [-0.05, 0) is 54.6 Å². The molecule has 36 heavy (non-hydrogen) atoms.